The van der Waals surface area contributed by atoms with Crippen LogP contribution in [0, 0.1) is 0 Å². The number of thiazole rings is 1. The zero-order chi connectivity index (χ0) is 15.5. The zero-order valence-electron chi connectivity index (χ0n) is 11.5. The molecule has 2 amide bonds. The van der Waals surface area contributed by atoms with Crippen molar-refractivity contribution in [2.24, 2.45) is 0 Å². The van der Waals surface area contributed by atoms with Gasteiger partial charge >= 0.3 is 5.97 Å². The molecule has 0 bridgehead atoms. The van der Waals surface area contributed by atoms with Crippen molar-refractivity contribution in [2.45, 2.75) is 18.9 Å². The molecule has 1 aromatic heterocycles. The molecule has 2 heterocycles. The number of benzene rings is 1. The quantitative estimate of drug-likeness (QED) is 0.821. The predicted molar refractivity (Wildman–Crippen MR) is 80.4 cm³/mol. The Morgan fingerprint density at radius 1 is 1.41 bits per heavy atom. The van der Waals surface area contributed by atoms with E-state index in [-0.39, 0.29) is 5.91 Å². The second-order valence-corrected chi connectivity index (χ2v) is 5.83. The van der Waals surface area contributed by atoms with Crippen molar-refractivity contribution in [3.05, 3.63) is 24.3 Å². The molecule has 1 saturated heterocycles. The number of hydrogen-bond donors (Lipinski definition) is 2. The third-order valence-corrected chi connectivity index (χ3v) is 4.12. The highest BCUT2D eigenvalue weighted by molar-refractivity contribution is 7.22. The maximum Gasteiger partial charge on any atom is 0.329 e. The van der Waals surface area contributed by atoms with Gasteiger partial charge in [0.2, 0.25) is 5.91 Å². The number of amides is 2. The van der Waals surface area contributed by atoms with E-state index in [0.717, 1.165) is 10.2 Å². The van der Waals surface area contributed by atoms with E-state index in [1.54, 1.807) is 0 Å². The monoisotopic (exact) mass is 319 g/mol. The van der Waals surface area contributed by atoms with Crippen molar-refractivity contribution in [3.8, 4) is 0 Å². The number of carbonyl (C=O) groups excluding carboxylic acids is 3. The van der Waals surface area contributed by atoms with Crippen LogP contribution in [0.5, 0.6) is 0 Å². The van der Waals surface area contributed by atoms with E-state index in [4.69, 9.17) is 4.74 Å². The molecule has 3 rings (SSSR count). The first-order valence-corrected chi connectivity index (χ1v) is 7.55. The fraction of sp³-hybridized carbons (Fsp3) is 0.286. The molecular weight excluding hydrogens is 306 g/mol. The number of hydrogen-bond acceptors (Lipinski definition) is 6. The number of esters is 1. The molecule has 1 aromatic carbocycles. The highest BCUT2D eigenvalue weighted by Crippen LogP contribution is 2.25. The molecule has 22 heavy (non-hydrogen) atoms. The van der Waals surface area contributed by atoms with Crippen LogP contribution >= 0.6 is 11.3 Å². The summed E-state index contributed by atoms with van der Waals surface area (Å²) in [6.45, 7) is -0.402. The standard InChI is InChI=1S/C14H13N3O4S/c18-11-6-5-9(15-11)13(20)21-7-12(19)17-14-16-8-3-1-2-4-10(8)22-14/h1-4,9H,5-7H2,(H,15,18)(H,16,17,19)/t9-/m1/s1. The molecule has 0 spiro atoms. The Labute approximate surface area is 129 Å². The molecule has 0 aliphatic carbocycles. The van der Waals surface area contributed by atoms with Gasteiger partial charge in [-0.15, -0.1) is 0 Å². The van der Waals surface area contributed by atoms with E-state index < -0.39 is 24.5 Å². The van der Waals surface area contributed by atoms with Crippen LogP contribution in [-0.4, -0.2) is 35.4 Å². The molecule has 0 unspecified atom stereocenters. The third-order valence-electron chi connectivity index (χ3n) is 3.17. The topological polar surface area (TPSA) is 97.4 Å². The SMILES string of the molecule is O=C(COC(=O)[C@H]1CCC(=O)N1)Nc1nc2ccccc2s1. The molecule has 1 aliphatic heterocycles. The fourth-order valence-corrected chi connectivity index (χ4v) is 2.99. The lowest BCUT2D eigenvalue weighted by atomic mass is 10.2. The summed E-state index contributed by atoms with van der Waals surface area (Å²) in [5.74, 6) is -1.23. The number of carbonyl (C=O) groups is 3. The smallest absolute Gasteiger partial charge is 0.329 e. The Balaban J connectivity index is 1.52. The van der Waals surface area contributed by atoms with Gasteiger partial charge in [0.15, 0.2) is 11.7 Å². The number of rotatable bonds is 4. The number of ether oxygens (including phenoxy) is 1. The van der Waals surface area contributed by atoms with Crippen LogP contribution in [0.4, 0.5) is 5.13 Å². The Morgan fingerprint density at radius 2 is 2.23 bits per heavy atom. The highest BCUT2D eigenvalue weighted by atomic mass is 32.1. The third kappa shape index (κ3) is 3.22. The Morgan fingerprint density at radius 3 is 2.95 bits per heavy atom. The van der Waals surface area contributed by atoms with Crippen LogP contribution in [0.1, 0.15) is 12.8 Å². The van der Waals surface area contributed by atoms with Gasteiger partial charge in [-0.3, -0.25) is 14.9 Å². The minimum atomic E-state index is -0.650. The van der Waals surface area contributed by atoms with Crippen molar-refractivity contribution in [1.29, 1.82) is 0 Å². The first kappa shape index (κ1) is 14.5. The zero-order valence-corrected chi connectivity index (χ0v) is 12.3. The van der Waals surface area contributed by atoms with Crippen molar-refractivity contribution >= 4 is 44.5 Å². The Bertz CT molecular complexity index is 710. The van der Waals surface area contributed by atoms with Crippen LogP contribution in [-0.2, 0) is 19.1 Å². The summed E-state index contributed by atoms with van der Waals surface area (Å²) in [5.41, 5.74) is 0.800. The molecule has 8 heteroatoms. The van der Waals surface area contributed by atoms with Crippen molar-refractivity contribution < 1.29 is 19.1 Å². The summed E-state index contributed by atoms with van der Waals surface area (Å²) >= 11 is 1.34. The maximum atomic E-state index is 11.8. The number of nitrogens with one attached hydrogen (secondary N) is 2. The van der Waals surface area contributed by atoms with Crippen LogP contribution in [0.2, 0.25) is 0 Å². The first-order chi connectivity index (χ1) is 10.6. The summed E-state index contributed by atoms with van der Waals surface area (Å²) < 4.78 is 5.86. The largest absolute Gasteiger partial charge is 0.454 e. The van der Waals surface area contributed by atoms with Crippen LogP contribution in [0.3, 0.4) is 0 Å². The minimum absolute atomic E-state index is 0.180. The molecule has 7 nitrogen and oxygen atoms in total. The molecule has 1 aliphatic rings. The number of fused-ring (bicyclic) bond motifs is 1. The van der Waals surface area contributed by atoms with Crippen molar-refractivity contribution in [2.75, 3.05) is 11.9 Å². The summed E-state index contributed by atoms with van der Waals surface area (Å²) in [6, 6.07) is 6.87. The summed E-state index contributed by atoms with van der Waals surface area (Å²) in [5, 5.41) is 5.53. The van der Waals surface area contributed by atoms with Gasteiger partial charge in [0.05, 0.1) is 10.2 Å². The molecule has 1 atom stereocenters. The van der Waals surface area contributed by atoms with Crippen molar-refractivity contribution in [1.82, 2.24) is 10.3 Å². The molecule has 2 N–H and O–H groups in total. The van der Waals surface area contributed by atoms with E-state index >= 15 is 0 Å². The van der Waals surface area contributed by atoms with Gasteiger partial charge in [0.25, 0.3) is 5.91 Å². The van der Waals surface area contributed by atoms with Gasteiger partial charge in [-0.05, 0) is 18.6 Å². The summed E-state index contributed by atoms with van der Waals surface area (Å²) in [7, 11) is 0. The van der Waals surface area contributed by atoms with E-state index in [9.17, 15) is 14.4 Å². The number of anilines is 1. The highest BCUT2D eigenvalue weighted by Gasteiger charge is 2.28. The molecule has 2 aromatic rings. The van der Waals surface area contributed by atoms with Crippen LogP contribution in [0.25, 0.3) is 10.2 Å². The van der Waals surface area contributed by atoms with Gasteiger partial charge in [0.1, 0.15) is 6.04 Å². The predicted octanol–water partition coefficient (Wildman–Crippen LogP) is 1.06. The Hall–Kier alpha value is -2.48. The summed E-state index contributed by atoms with van der Waals surface area (Å²) in [6.07, 6.45) is 0.703. The van der Waals surface area contributed by atoms with Crippen LogP contribution in [0.15, 0.2) is 24.3 Å². The first-order valence-electron chi connectivity index (χ1n) is 6.73. The number of para-hydroxylation sites is 1. The van der Waals surface area contributed by atoms with Gasteiger partial charge in [0, 0.05) is 6.42 Å². The van der Waals surface area contributed by atoms with E-state index in [0.29, 0.717) is 18.0 Å². The van der Waals surface area contributed by atoms with E-state index in [1.165, 1.54) is 11.3 Å². The van der Waals surface area contributed by atoms with Crippen molar-refractivity contribution in [3.63, 3.8) is 0 Å². The number of nitrogens with zero attached hydrogens (tertiary/aromatic N) is 1. The van der Waals surface area contributed by atoms with Crippen LogP contribution < -0.4 is 10.6 Å². The molecular formula is C14H13N3O4S. The van der Waals surface area contributed by atoms with Gasteiger partial charge in [-0.2, -0.15) is 0 Å². The van der Waals surface area contributed by atoms with E-state index in [2.05, 4.69) is 15.6 Å². The van der Waals surface area contributed by atoms with E-state index in [1.807, 2.05) is 24.3 Å². The average molecular weight is 319 g/mol. The lowest BCUT2D eigenvalue weighted by Crippen LogP contribution is -2.36. The maximum absolute atomic E-state index is 11.8. The Kier molecular flexibility index (Phi) is 4.01. The normalized spacial score (nSPS) is 17.3. The lowest BCUT2D eigenvalue weighted by Gasteiger charge is -2.09. The van der Waals surface area contributed by atoms with Gasteiger partial charge < -0.3 is 10.1 Å². The summed E-state index contributed by atoms with van der Waals surface area (Å²) in [4.78, 5) is 38.7. The second kappa shape index (κ2) is 6.10. The average Bonchev–Trinajstić information content (AvgIpc) is 3.10. The molecule has 0 saturated carbocycles. The lowest BCUT2D eigenvalue weighted by molar-refractivity contribution is -0.149. The molecule has 114 valence electrons. The van der Waals surface area contributed by atoms with Gasteiger partial charge in [-0.25, -0.2) is 9.78 Å². The number of aromatic nitrogens is 1. The molecule has 0 radical (unpaired) electrons. The van der Waals surface area contributed by atoms with Gasteiger partial charge in [-0.1, -0.05) is 23.5 Å². The fourth-order valence-electron chi connectivity index (χ4n) is 2.11. The second-order valence-electron chi connectivity index (χ2n) is 4.80. The molecule has 1 fully saturated rings. The minimum Gasteiger partial charge on any atom is -0.454 e.